The maximum atomic E-state index is 12.1. The molecule has 1 aliphatic heterocycles. The van der Waals surface area contributed by atoms with Crippen LogP contribution in [-0.4, -0.2) is 35.6 Å². The molecule has 92 valence electrons. The minimum absolute atomic E-state index is 0.0599. The number of halogens is 3. The fourth-order valence-electron chi connectivity index (χ4n) is 1.60. The Morgan fingerprint density at radius 3 is 2.50 bits per heavy atom. The molecule has 1 saturated heterocycles. The van der Waals surface area contributed by atoms with Gasteiger partial charge in [-0.15, -0.1) is 0 Å². The molecule has 0 radical (unpaired) electrons. The van der Waals surface area contributed by atoms with E-state index in [1.165, 1.54) is 0 Å². The van der Waals surface area contributed by atoms with Crippen molar-refractivity contribution in [3.05, 3.63) is 0 Å². The zero-order valence-electron chi connectivity index (χ0n) is 8.80. The Balaban J connectivity index is 2.63. The Labute approximate surface area is 90.8 Å². The third-order valence-corrected chi connectivity index (χ3v) is 2.27. The Morgan fingerprint density at radius 1 is 1.44 bits per heavy atom. The average molecular weight is 238 g/mol. The molecular weight excluding hydrogens is 225 g/mol. The summed E-state index contributed by atoms with van der Waals surface area (Å²) in [6, 6.07) is -1.29. The molecule has 0 saturated carbocycles. The van der Waals surface area contributed by atoms with Gasteiger partial charge in [0, 0.05) is 12.5 Å². The second-order valence-electron chi connectivity index (χ2n) is 3.73. The topological polar surface area (TPSA) is 49.4 Å². The molecule has 1 fully saturated rings. The molecule has 1 heterocycles. The Morgan fingerprint density at radius 2 is 2.06 bits per heavy atom. The minimum Gasteiger partial charge on any atom is -0.334 e. The van der Waals surface area contributed by atoms with Crippen molar-refractivity contribution in [1.29, 1.82) is 0 Å². The van der Waals surface area contributed by atoms with Crippen molar-refractivity contribution < 1.29 is 22.8 Å². The van der Waals surface area contributed by atoms with Gasteiger partial charge in [-0.1, -0.05) is 13.3 Å². The first kappa shape index (κ1) is 12.8. The van der Waals surface area contributed by atoms with E-state index < -0.39 is 24.7 Å². The lowest BCUT2D eigenvalue weighted by Crippen LogP contribution is -2.56. The highest BCUT2D eigenvalue weighted by molar-refractivity contribution is 5.97. The maximum absolute atomic E-state index is 12.1. The predicted molar refractivity (Wildman–Crippen MR) is 49.6 cm³/mol. The van der Waals surface area contributed by atoms with Gasteiger partial charge in [0.15, 0.2) is 0 Å². The molecule has 0 aromatic carbocycles. The first-order valence-corrected chi connectivity index (χ1v) is 5.01. The average Bonchev–Trinajstić information content (AvgIpc) is 2.10. The number of imide groups is 1. The van der Waals surface area contributed by atoms with Crippen LogP contribution in [-0.2, 0) is 4.79 Å². The molecule has 0 bridgehead atoms. The van der Waals surface area contributed by atoms with E-state index in [0.29, 0.717) is 6.42 Å². The van der Waals surface area contributed by atoms with Crippen LogP contribution >= 0.6 is 0 Å². The van der Waals surface area contributed by atoms with Gasteiger partial charge in [-0.2, -0.15) is 13.2 Å². The summed E-state index contributed by atoms with van der Waals surface area (Å²) in [5.41, 5.74) is 0. The van der Waals surface area contributed by atoms with E-state index in [9.17, 15) is 22.8 Å². The molecule has 0 spiro atoms. The van der Waals surface area contributed by atoms with Crippen LogP contribution in [0.15, 0.2) is 0 Å². The summed E-state index contributed by atoms with van der Waals surface area (Å²) in [6.07, 6.45) is -3.25. The predicted octanol–water partition coefficient (Wildman–Crippen LogP) is 1.66. The molecular formula is C9H13F3N2O2. The highest BCUT2D eigenvalue weighted by Gasteiger charge is 2.39. The van der Waals surface area contributed by atoms with Gasteiger partial charge in [-0.25, -0.2) is 4.79 Å². The molecule has 0 aromatic heterocycles. The second kappa shape index (κ2) is 4.71. The number of amides is 3. The lowest BCUT2D eigenvalue weighted by molar-refractivity contribution is -0.157. The van der Waals surface area contributed by atoms with Gasteiger partial charge in [0.1, 0.15) is 6.54 Å². The van der Waals surface area contributed by atoms with Crippen LogP contribution in [0.4, 0.5) is 18.0 Å². The summed E-state index contributed by atoms with van der Waals surface area (Å²) in [5, 5.41) is 2.39. The second-order valence-corrected chi connectivity index (χ2v) is 3.73. The van der Waals surface area contributed by atoms with Crippen molar-refractivity contribution in [3.8, 4) is 0 Å². The molecule has 0 aromatic rings. The summed E-state index contributed by atoms with van der Waals surface area (Å²) >= 11 is 0. The molecule has 1 aliphatic rings. The molecule has 0 aliphatic carbocycles. The fraction of sp³-hybridized carbons (Fsp3) is 0.778. The van der Waals surface area contributed by atoms with Gasteiger partial charge < -0.3 is 5.32 Å². The smallest absolute Gasteiger partial charge is 0.334 e. The Kier molecular flexibility index (Phi) is 3.77. The molecule has 4 nitrogen and oxygen atoms in total. The monoisotopic (exact) mass is 238 g/mol. The summed E-state index contributed by atoms with van der Waals surface area (Å²) in [7, 11) is 0. The molecule has 1 N–H and O–H groups in total. The zero-order valence-corrected chi connectivity index (χ0v) is 8.80. The van der Waals surface area contributed by atoms with Crippen LogP contribution in [0.5, 0.6) is 0 Å². The summed E-state index contributed by atoms with van der Waals surface area (Å²) < 4.78 is 36.2. The molecule has 1 rings (SSSR count). The Bertz CT molecular complexity index is 273. The van der Waals surface area contributed by atoms with Gasteiger partial charge in [0.2, 0.25) is 5.91 Å². The van der Waals surface area contributed by atoms with E-state index in [-0.39, 0.29) is 17.4 Å². The summed E-state index contributed by atoms with van der Waals surface area (Å²) in [6.45, 7) is 0.356. The lowest BCUT2D eigenvalue weighted by atomic mass is 10.1. The quantitative estimate of drug-likeness (QED) is 0.812. The van der Waals surface area contributed by atoms with Crippen molar-refractivity contribution in [3.63, 3.8) is 0 Å². The maximum Gasteiger partial charge on any atom is 0.406 e. The third-order valence-electron chi connectivity index (χ3n) is 2.27. The molecule has 16 heavy (non-hydrogen) atoms. The number of nitrogens with one attached hydrogen (secondary N) is 1. The number of rotatable bonds is 3. The molecule has 7 heteroatoms. The standard InChI is InChI=1S/C9H13F3N2O2/c1-2-3-6-4-7(15)14(8(16)13-6)5-9(10,11)12/h6H,2-5H2,1H3,(H,13,16). The van der Waals surface area contributed by atoms with E-state index in [2.05, 4.69) is 5.32 Å². The van der Waals surface area contributed by atoms with Crippen LogP contribution in [0.3, 0.4) is 0 Å². The van der Waals surface area contributed by atoms with Crippen LogP contribution in [0, 0.1) is 0 Å². The largest absolute Gasteiger partial charge is 0.406 e. The van der Waals surface area contributed by atoms with Gasteiger partial charge in [0.05, 0.1) is 0 Å². The summed E-state index contributed by atoms with van der Waals surface area (Å²) in [4.78, 5) is 22.8. The lowest BCUT2D eigenvalue weighted by Gasteiger charge is -2.31. The van der Waals surface area contributed by atoms with Crippen LogP contribution < -0.4 is 5.32 Å². The van der Waals surface area contributed by atoms with Crippen LogP contribution in [0.2, 0.25) is 0 Å². The molecule has 1 atom stereocenters. The zero-order chi connectivity index (χ0) is 12.3. The van der Waals surface area contributed by atoms with Crippen molar-refractivity contribution in [2.45, 2.75) is 38.4 Å². The SMILES string of the molecule is CCCC1CC(=O)N(CC(F)(F)F)C(=O)N1. The molecule has 3 amide bonds. The highest BCUT2D eigenvalue weighted by Crippen LogP contribution is 2.20. The highest BCUT2D eigenvalue weighted by atomic mass is 19.4. The van der Waals surface area contributed by atoms with Crippen LogP contribution in [0.1, 0.15) is 26.2 Å². The number of alkyl halides is 3. The number of hydrogen-bond donors (Lipinski definition) is 1. The van der Waals surface area contributed by atoms with E-state index >= 15 is 0 Å². The van der Waals surface area contributed by atoms with Gasteiger partial charge in [-0.3, -0.25) is 9.69 Å². The summed E-state index contributed by atoms with van der Waals surface area (Å²) in [5.74, 6) is -0.764. The van der Waals surface area contributed by atoms with Crippen molar-refractivity contribution >= 4 is 11.9 Å². The normalized spacial score (nSPS) is 22.2. The number of carbonyl (C=O) groups excluding carboxylic acids is 2. The number of nitrogens with zero attached hydrogens (tertiary/aromatic N) is 1. The van der Waals surface area contributed by atoms with E-state index in [4.69, 9.17) is 0 Å². The van der Waals surface area contributed by atoms with E-state index in [1.54, 1.807) is 0 Å². The third kappa shape index (κ3) is 3.39. The van der Waals surface area contributed by atoms with Crippen molar-refractivity contribution in [2.75, 3.05) is 6.54 Å². The van der Waals surface area contributed by atoms with E-state index in [1.807, 2.05) is 6.92 Å². The first-order chi connectivity index (χ1) is 7.33. The van der Waals surface area contributed by atoms with Crippen molar-refractivity contribution in [1.82, 2.24) is 10.2 Å². The fourth-order valence-corrected chi connectivity index (χ4v) is 1.60. The van der Waals surface area contributed by atoms with Crippen molar-refractivity contribution in [2.24, 2.45) is 0 Å². The van der Waals surface area contributed by atoms with Gasteiger partial charge >= 0.3 is 12.2 Å². The van der Waals surface area contributed by atoms with E-state index in [0.717, 1.165) is 6.42 Å². The van der Waals surface area contributed by atoms with Gasteiger partial charge in [0.25, 0.3) is 0 Å². The van der Waals surface area contributed by atoms with Gasteiger partial charge in [-0.05, 0) is 6.42 Å². The number of hydrogen-bond acceptors (Lipinski definition) is 2. The first-order valence-electron chi connectivity index (χ1n) is 5.01. The van der Waals surface area contributed by atoms with Crippen LogP contribution in [0.25, 0.3) is 0 Å². The Hall–Kier alpha value is -1.27. The minimum atomic E-state index is -4.55. The number of urea groups is 1. The number of carbonyl (C=O) groups is 2. The molecule has 1 unspecified atom stereocenters.